The fourth-order valence-electron chi connectivity index (χ4n) is 3.20. The van der Waals surface area contributed by atoms with Crippen LogP contribution in [-0.2, 0) is 0 Å². The molecule has 5 heteroatoms. The van der Waals surface area contributed by atoms with Crippen molar-refractivity contribution in [3.63, 3.8) is 0 Å². The Kier molecular flexibility index (Phi) is 4.91. The monoisotopic (exact) mass is 291 g/mol. The van der Waals surface area contributed by atoms with E-state index in [9.17, 15) is 0 Å². The van der Waals surface area contributed by atoms with E-state index >= 15 is 0 Å². The van der Waals surface area contributed by atoms with Crippen molar-refractivity contribution in [3.05, 3.63) is 12.4 Å². The Labute approximate surface area is 126 Å². The van der Waals surface area contributed by atoms with E-state index in [1.165, 1.54) is 32.2 Å². The molecule has 3 atom stereocenters. The van der Waals surface area contributed by atoms with Gasteiger partial charge in [0.15, 0.2) is 0 Å². The fraction of sp³-hybridized carbons (Fsp3) is 0.750. The quantitative estimate of drug-likeness (QED) is 0.689. The molecule has 0 N–H and O–H groups in total. The Morgan fingerprint density at radius 2 is 2.00 bits per heavy atom. The van der Waals surface area contributed by atoms with Gasteiger partial charge in [-0.1, -0.05) is 26.2 Å². The largest absolute Gasteiger partial charge is 0.474 e. The maximum absolute atomic E-state index is 6.08. The molecule has 0 amide bonds. The zero-order chi connectivity index (χ0) is 14.5. The van der Waals surface area contributed by atoms with Crippen LogP contribution >= 0.6 is 0 Å². The molecule has 1 aromatic rings. The molecule has 2 aliphatic heterocycles. The highest BCUT2D eigenvalue weighted by molar-refractivity contribution is 5.24. The summed E-state index contributed by atoms with van der Waals surface area (Å²) in [6.07, 6.45) is 9.57. The smallest absolute Gasteiger partial charge is 0.278 e. The Bertz CT molecular complexity index is 455. The van der Waals surface area contributed by atoms with Gasteiger partial charge in [-0.2, -0.15) is 0 Å². The summed E-state index contributed by atoms with van der Waals surface area (Å²) in [5, 5.41) is 0. The van der Waals surface area contributed by atoms with Gasteiger partial charge >= 0.3 is 0 Å². The lowest BCUT2D eigenvalue weighted by Gasteiger charge is -2.23. The zero-order valence-electron chi connectivity index (χ0n) is 12.8. The Morgan fingerprint density at radius 1 is 1.14 bits per heavy atom. The van der Waals surface area contributed by atoms with Gasteiger partial charge in [-0.25, -0.2) is 9.97 Å². The van der Waals surface area contributed by atoms with Crippen molar-refractivity contribution in [1.29, 1.82) is 0 Å². The third-order valence-electron chi connectivity index (χ3n) is 4.41. The lowest BCUT2D eigenvalue weighted by Crippen LogP contribution is -2.32. The Balaban J connectivity index is 1.52. The number of ether oxygens (including phenoxy) is 2. The average Bonchev–Trinajstić information content (AvgIpc) is 3.11. The van der Waals surface area contributed by atoms with Crippen molar-refractivity contribution in [2.45, 2.75) is 45.1 Å². The van der Waals surface area contributed by atoms with E-state index in [-0.39, 0.29) is 6.10 Å². The fourth-order valence-corrected chi connectivity index (χ4v) is 3.20. The van der Waals surface area contributed by atoms with Crippen LogP contribution in [-0.4, -0.2) is 47.2 Å². The number of nitrogens with zero attached hydrogens (tertiary/aromatic N) is 3. The Hall–Kier alpha value is -1.36. The van der Waals surface area contributed by atoms with Crippen molar-refractivity contribution in [2.24, 2.45) is 5.92 Å². The van der Waals surface area contributed by atoms with Gasteiger partial charge in [-0.3, -0.25) is 4.90 Å². The minimum Gasteiger partial charge on any atom is -0.474 e. The van der Waals surface area contributed by atoms with E-state index in [2.05, 4.69) is 21.8 Å². The van der Waals surface area contributed by atoms with Crippen LogP contribution in [0.5, 0.6) is 11.8 Å². The summed E-state index contributed by atoms with van der Waals surface area (Å²) in [6, 6.07) is 0. The SMILES string of the molecule is CCCCCCOc1nccnc1OC1CN2CCC1C2. The zero-order valence-corrected chi connectivity index (χ0v) is 12.8. The number of rotatable bonds is 8. The molecule has 3 unspecified atom stereocenters. The number of hydrogen-bond donors (Lipinski definition) is 0. The van der Waals surface area contributed by atoms with Gasteiger partial charge in [0.2, 0.25) is 0 Å². The number of aromatic nitrogens is 2. The van der Waals surface area contributed by atoms with Gasteiger partial charge in [0.1, 0.15) is 6.10 Å². The molecule has 116 valence electrons. The third-order valence-corrected chi connectivity index (χ3v) is 4.41. The lowest BCUT2D eigenvalue weighted by molar-refractivity contribution is 0.127. The summed E-state index contributed by atoms with van der Waals surface area (Å²) in [7, 11) is 0. The molecule has 1 aromatic heterocycles. The average molecular weight is 291 g/mol. The van der Waals surface area contributed by atoms with Crippen molar-refractivity contribution < 1.29 is 9.47 Å². The molecule has 2 fully saturated rings. The molecule has 2 saturated heterocycles. The van der Waals surface area contributed by atoms with Crippen LogP contribution in [0.3, 0.4) is 0 Å². The highest BCUT2D eigenvalue weighted by Gasteiger charge is 2.40. The first-order valence-electron chi connectivity index (χ1n) is 8.19. The molecule has 5 nitrogen and oxygen atoms in total. The van der Waals surface area contributed by atoms with Crippen LogP contribution in [0.15, 0.2) is 12.4 Å². The summed E-state index contributed by atoms with van der Waals surface area (Å²) in [5.41, 5.74) is 0. The molecule has 0 saturated carbocycles. The van der Waals surface area contributed by atoms with Crippen LogP contribution in [0.4, 0.5) is 0 Å². The predicted molar refractivity (Wildman–Crippen MR) is 80.6 cm³/mol. The van der Waals surface area contributed by atoms with E-state index in [0.29, 0.717) is 24.3 Å². The molecule has 0 aliphatic carbocycles. The lowest BCUT2D eigenvalue weighted by atomic mass is 10.0. The molecule has 21 heavy (non-hydrogen) atoms. The molecular formula is C16H25N3O2. The molecule has 0 radical (unpaired) electrons. The molecule has 2 aliphatic rings. The molecule has 3 heterocycles. The van der Waals surface area contributed by atoms with E-state index in [4.69, 9.17) is 9.47 Å². The minimum absolute atomic E-state index is 0.248. The van der Waals surface area contributed by atoms with Gasteiger partial charge in [0.05, 0.1) is 6.61 Å². The van der Waals surface area contributed by atoms with Gasteiger partial charge in [0, 0.05) is 31.4 Å². The van der Waals surface area contributed by atoms with Crippen molar-refractivity contribution in [3.8, 4) is 11.8 Å². The second-order valence-corrected chi connectivity index (χ2v) is 6.04. The van der Waals surface area contributed by atoms with Crippen molar-refractivity contribution in [1.82, 2.24) is 14.9 Å². The number of hydrogen-bond acceptors (Lipinski definition) is 5. The first-order chi connectivity index (χ1) is 10.4. The van der Waals surface area contributed by atoms with E-state index in [0.717, 1.165) is 19.5 Å². The van der Waals surface area contributed by atoms with Gasteiger partial charge in [0.25, 0.3) is 11.8 Å². The van der Waals surface area contributed by atoms with Gasteiger partial charge in [-0.05, 0) is 19.4 Å². The summed E-state index contributed by atoms with van der Waals surface area (Å²) < 4.78 is 11.8. The van der Waals surface area contributed by atoms with E-state index in [1.807, 2.05) is 0 Å². The highest BCUT2D eigenvalue weighted by atomic mass is 16.5. The second kappa shape index (κ2) is 7.07. The van der Waals surface area contributed by atoms with E-state index in [1.54, 1.807) is 12.4 Å². The maximum Gasteiger partial charge on any atom is 0.278 e. The highest BCUT2D eigenvalue weighted by Crippen LogP contribution is 2.32. The first kappa shape index (κ1) is 14.6. The van der Waals surface area contributed by atoms with Gasteiger partial charge in [-0.15, -0.1) is 0 Å². The normalized spacial score (nSPS) is 27.0. The van der Waals surface area contributed by atoms with Crippen LogP contribution in [0, 0.1) is 5.92 Å². The summed E-state index contributed by atoms with van der Waals surface area (Å²) >= 11 is 0. The number of unbranched alkanes of at least 4 members (excludes halogenated alkanes) is 3. The second-order valence-electron chi connectivity index (χ2n) is 6.04. The van der Waals surface area contributed by atoms with Crippen LogP contribution in [0.2, 0.25) is 0 Å². The van der Waals surface area contributed by atoms with E-state index < -0.39 is 0 Å². The maximum atomic E-state index is 6.08. The van der Waals surface area contributed by atoms with Crippen LogP contribution in [0.1, 0.15) is 39.0 Å². The van der Waals surface area contributed by atoms with Crippen LogP contribution < -0.4 is 9.47 Å². The third kappa shape index (κ3) is 3.64. The summed E-state index contributed by atoms with van der Waals surface area (Å²) in [6.45, 7) is 6.29. The molecule has 0 aromatic carbocycles. The summed E-state index contributed by atoms with van der Waals surface area (Å²) in [4.78, 5) is 11.0. The van der Waals surface area contributed by atoms with Gasteiger partial charge < -0.3 is 9.47 Å². The minimum atomic E-state index is 0.248. The summed E-state index contributed by atoms with van der Waals surface area (Å²) in [5.74, 6) is 1.75. The standard InChI is InChI=1S/C16H25N3O2/c1-2-3-4-5-10-20-15-16(18-8-7-17-15)21-14-12-19-9-6-13(14)11-19/h7-8,13-14H,2-6,9-12H2,1H3. The number of piperidine rings is 1. The topological polar surface area (TPSA) is 47.5 Å². The van der Waals surface area contributed by atoms with Crippen molar-refractivity contribution >= 4 is 0 Å². The Morgan fingerprint density at radius 3 is 2.71 bits per heavy atom. The molecule has 2 bridgehead atoms. The predicted octanol–water partition coefficient (Wildman–Crippen LogP) is 2.52. The van der Waals surface area contributed by atoms with Crippen molar-refractivity contribution in [2.75, 3.05) is 26.2 Å². The molecule has 0 spiro atoms. The van der Waals surface area contributed by atoms with Crippen LogP contribution in [0.25, 0.3) is 0 Å². The molecule has 3 rings (SSSR count). The number of fused-ring (bicyclic) bond motifs is 2. The first-order valence-corrected chi connectivity index (χ1v) is 8.19. The molecular weight excluding hydrogens is 266 g/mol.